The van der Waals surface area contributed by atoms with Crippen LogP contribution < -0.4 is 0 Å². The van der Waals surface area contributed by atoms with E-state index in [-0.39, 0.29) is 5.78 Å². The number of hydrogen-bond donors (Lipinski definition) is 0. The molecule has 0 amide bonds. The lowest BCUT2D eigenvalue weighted by Gasteiger charge is -1.84. The average molecular weight is 111 g/mol. The Balaban J connectivity index is 3.33. The lowest BCUT2D eigenvalue weighted by molar-refractivity contribution is -0.114. The van der Waals surface area contributed by atoms with E-state index < -0.39 is 0 Å². The summed E-state index contributed by atoms with van der Waals surface area (Å²) in [4.78, 5) is 10.5. The van der Waals surface area contributed by atoms with Crippen LogP contribution in [0, 0.1) is 6.92 Å². The molecular formula is C7H11O. The minimum absolute atomic E-state index is 0.169. The summed E-state index contributed by atoms with van der Waals surface area (Å²) in [5.41, 5.74) is 0. The fourth-order valence-corrected chi connectivity index (χ4v) is 0.443. The number of allylic oxidation sites excluding steroid dienone is 2. The van der Waals surface area contributed by atoms with E-state index in [4.69, 9.17) is 0 Å². The lowest BCUT2D eigenvalue weighted by atomic mass is 10.2. The summed E-state index contributed by atoms with van der Waals surface area (Å²) in [6, 6.07) is 0. The topological polar surface area (TPSA) is 17.1 Å². The van der Waals surface area contributed by atoms with Crippen LogP contribution in [-0.2, 0) is 4.79 Å². The molecule has 1 heteroatoms. The average Bonchev–Trinajstić information content (AvgIpc) is 1.68. The Hall–Kier alpha value is -0.590. The third-order valence-electron chi connectivity index (χ3n) is 0.776. The van der Waals surface area contributed by atoms with E-state index in [1.165, 1.54) is 0 Å². The molecule has 8 heavy (non-hydrogen) atoms. The Labute approximate surface area is 50.4 Å². The Morgan fingerprint density at radius 1 is 1.75 bits per heavy atom. The monoisotopic (exact) mass is 111 g/mol. The first-order valence-electron chi connectivity index (χ1n) is 2.76. The molecule has 1 radical (unpaired) electrons. The van der Waals surface area contributed by atoms with Crippen LogP contribution in [0.25, 0.3) is 0 Å². The van der Waals surface area contributed by atoms with Crippen molar-refractivity contribution < 1.29 is 4.79 Å². The molecule has 0 bridgehead atoms. The zero-order valence-electron chi connectivity index (χ0n) is 5.18. The summed E-state index contributed by atoms with van der Waals surface area (Å²) >= 11 is 0. The molecular weight excluding hydrogens is 100 g/mol. The molecule has 0 aliphatic heterocycles. The van der Waals surface area contributed by atoms with E-state index in [1.54, 1.807) is 12.2 Å². The van der Waals surface area contributed by atoms with Crippen molar-refractivity contribution in [2.45, 2.75) is 19.8 Å². The first-order chi connectivity index (χ1) is 3.81. The van der Waals surface area contributed by atoms with Crippen LogP contribution in [0.5, 0.6) is 0 Å². The van der Waals surface area contributed by atoms with Crippen molar-refractivity contribution in [3.63, 3.8) is 0 Å². The number of carbonyl (C=O) groups excluding carboxylic acids is 1. The van der Waals surface area contributed by atoms with Gasteiger partial charge < -0.3 is 0 Å². The number of ketones is 1. The molecule has 0 fully saturated rings. The molecule has 0 aliphatic carbocycles. The van der Waals surface area contributed by atoms with Crippen LogP contribution in [0.4, 0.5) is 0 Å². The molecule has 0 aromatic rings. The minimum atomic E-state index is 0.169. The van der Waals surface area contributed by atoms with Gasteiger partial charge in [0.25, 0.3) is 0 Å². The minimum Gasteiger partial charge on any atom is -0.295 e. The highest BCUT2D eigenvalue weighted by atomic mass is 16.1. The van der Waals surface area contributed by atoms with Crippen LogP contribution in [0.2, 0.25) is 0 Å². The van der Waals surface area contributed by atoms with Crippen molar-refractivity contribution in [3.8, 4) is 0 Å². The van der Waals surface area contributed by atoms with Crippen molar-refractivity contribution in [2.24, 2.45) is 0 Å². The highest BCUT2D eigenvalue weighted by Gasteiger charge is 1.89. The van der Waals surface area contributed by atoms with Gasteiger partial charge in [-0.3, -0.25) is 4.79 Å². The Kier molecular flexibility index (Phi) is 4.23. The first kappa shape index (κ1) is 7.41. The highest BCUT2D eigenvalue weighted by molar-refractivity contribution is 5.89. The Morgan fingerprint density at radius 3 is 2.75 bits per heavy atom. The summed E-state index contributed by atoms with van der Waals surface area (Å²) in [5.74, 6) is 0.169. The molecule has 0 aromatic carbocycles. The molecule has 0 saturated heterocycles. The van der Waals surface area contributed by atoms with Crippen LogP contribution in [0.3, 0.4) is 0 Å². The third-order valence-corrected chi connectivity index (χ3v) is 0.776. The van der Waals surface area contributed by atoms with Crippen molar-refractivity contribution in [1.29, 1.82) is 0 Å². The molecule has 0 rings (SSSR count). The number of rotatable bonds is 3. The van der Waals surface area contributed by atoms with Gasteiger partial charge in [-0.1, -0.05) is 13.0 Å². The number of carbonyl (C=O) groups is 1. The van der Waals surface area contributed by atoms with Gasteiger partial charge in [-0.2, -0.15) is 0 Å². The maximum Gasteiger partial charge on any atom is 0.155 e. The summed E-state index contributed by atoms with van der Waals surface area (Å²) < 4.78 is 0. The van der Waals surface area contributed by atoms with Gasteiger partial charge >= 0.3 is 0 Å². The van der Waals surface area contributed by atoms with Crippen LogP contribution in [0.1, 0.15) is 19.8 Å². The van der Waals surface area contributed by atoms with Crippen molar-refractivity contribution >= 4 is 5.78 Å². The molecule has 0 atom stereocenters. The van der Waals surface area contributed by atoms with Gasteiger partial charge in [-0.05, 0) is 19.4 Å². The standard InChI is InChI=1S/C7H11O/c1-3-5-7(8)6-4-2/h4,6H,1,3,5H2,2H3/b6-4+. The Morgan fingerprint density at radius 2 is 2.38 bits per heavy atom. The van der Waals surface area contributed by atoms with Crippen LogP contribution in [-0.4, -0.2) is 5.78 Å². The van der Waals surface area contributed by atoms with Crippen LogP contribution >= 0.6 is 0 Å². The molecule has 0 N–H and O–H groups in total. The second-order valence-electron chi connectivity index (χ2n) is 1.57. The highest BCUT2D eigenvalue weighted by Crippen LogP contribution is 1.88. The van der Waals surface area contributed by atoms with E-state index in [2.05, 4.69) is 6.92 Å². The zero-order chi connectivity index (χ0) is 6.41. The molecule has 1 nitrogen and oxygen atoms in total. The SMILES string of the molecule is [CH2]CCC(=O)/C=C/C. The Bertz CT molecular complexity index is 92.6. The molecule has 0 spiro atoms. The summed E-state index contributed by atoms with van der Waals surface area (Å²) in [6.45, 7) is 5.39. The van der Waals surface area contributed by atoms with Gasteiger partial charge in [0, 0.05) is 6.42 Å². The fraction of sp³-hybridized carbons (Fsp3) is 0.429. The maximum absolute atomic E-state index is 10.5. The third kappa shape index (κ3) is 3.59. The van der Waals surface area contributed by atoms with Crippen molar-refractivity contribution in [2.75, 3.05) is 0 Å². The summed E-state index contributed by atoms with van der Waals surface area (Å²) in [7, 11) is 0. The molecule has 0 saturated carbocycles. The van der Waals surface area contributed by atoms with E-state index in [0.717, 1.165) is 0 Å². The number of hydrogen-bond acceptors (Lipinski definition) is 1. The first-order valence-corrected chi connectivity index (χ1v) is 2.76. The summed E-state index contributed by atoms with van der Waals surface area (Å²) in [6.07, 6.45) is 4.59. The predicted molar refractivity (Wildman–Crippen MR) is 34.4 cm³/mol. The van der Waals surface area contributed by atoms with Gasteiger partial charge in [0.15, 0.2) is 5.78 Å². The summed E-state index contributed by atoms with van der Waals surface area (Å²) in [5, 5.41) is 0. The molecule has 0 aromatic heterocycles. The van der Waals surface area contributed by atoms with Crippen molar-refractivity contribution in [1.82, 2.24) is 0 Å². The smallest absolute Gasteiger partial charge is 0.155 e. The molecule has 0 aliphatic rings. The van der Waals surface area contributed by atoms with E-state index in [9.17, 15) is 4.79 Å². The second kappa shape index (κ2) is 4.57. The largest absolute Gasteiger partial charge is 0.295 e. The maximum atomic E-state index is 10.5. The lowest BCUT2D eigenvalue weighted by Crippen LogP contribution is -1.88. The van der Waals surface area contributed by atoms with E-state index in [1.807, 2.05) is 6.92 Å². The van der Waals surface area contributed by atoms with Gasteiger partial charge in [-0.25, -0.2) is 0 Å². The molecule has 0 unspecified atom stereocenters. The van der Waals surface area contributed by atoms with Gasteiger partial charge in [0.1, 0.15) is 0 Å². The predicted octanol–water partition coefficient (Wildman–Crippen LogP) is 1.75. The van der Waals surface area contributed by atoms with Gasteiger partial charge in [0.05, 0.1) is 0 Å². The van der Waals surface area contributed by atoms with E-state index >= 15 is 0 Å². The van der Waals surface area contributed by atoms with Crippen LogP contribution in [0.15, 0.2) is 12.2 Å². The van der Waals surface area contributed by atoms with E-state index in [0.29, 0.717) is 12.8 Å². The molecule has 45 valence electrons. The second-order valence-corrected chi connectivity index (χ2v) is 1.57. The molecule has 0 heterocycles. The zero-order valence-corrected chi connectivity index (χ0v) is 5.18. The van der Waals surface area contributed by atoms with Gasteiger partial charge in [-0.15, -0.1) is 0 Å². The fourth-order valence-electron chi connectivity index (χ4n) is 0.443. The normalized spacial score (nSPS) is 10.2. The quantitative estimate of drug-likeness (QED) is 0.507. The van der Waals surface area contributed by atoms with Gasteiger partial charge in [0.2, 0.25) is 0 Å². The van der Waals surface area contributed by atoms with Crippen molar-refractivity contribution in [3.05, 3.63) is 19.1 Å².